The van der Waals surface area contributed by atoms with Crippen molar-refractivity contribution in [3.05, 3.63) is 58.7 Å². The Hall–Kier alpha value is -2.53. The van der Waals surface area contributed by atoms with Gasteiger partial charge < -0.3 is 19.7 Å². The smallest absolute Gasteiger partial charge is 0.227 e. The molecule has 0 aromatic heterocycles. The van der Waals surface area contributed by atoms with Gasteiger partial charge in [0.15, 0.2) is 11.5 Å². The normalized spacial score (nSPS) is 18.4. The molecule has 0 spiro atoms. The first-order valence-electron chi connectivity index (χ1n) is 11.0. The highest BCUT2D eigenvalue weighted by Crippen LogP contribution is 2.32. The molecular weight excluding hydrogens is 376 g/mol. The SMILES string of the molecule is COc1cc2c(cc1OC)CC(=O)N(CCCNC1CCc3ccccc3C1)CC2. The Morgan fingerprint density at radius 2 is 1.73 bits per heavy atom. The number of nitrogens with one attached hydrogen (secondary N) is 1. The first kappa shape index (κ1) is 20.7. The molecule has 1 atom stereocenters. The van der Waals surface area contributed by atoms with Crippen molar-refractivity contribution in [1.82, 2.24) is 10.2 Å². The second-order valence-corrected chi connectivity index (χ2v) is 8.30. The van der Waals surface area contributed by atoms with Crippen LogP contribution in [0.4, 0.5) is 0 Å². The maximum absolute atomic E-state index is 12.8. The number of hydrogen-bond acceptors (Lipinski definition) is 4. The van der Waals surface area contributed by atoms with Crippen molar-refractivity contribution in [1.29, 1.82) is 0 Å². The van der Waals surface area contributed by atoms with E-state index in [1.54, 1.807) is 14.2 Å². The predicted molar refractivity (Wildman–Crippen MR) is 118 cm³/mol. The Labute approximate surface area is 179 Å². The molecule has 160 valence electrons. The van der Waals surface area contributed by atoms with Gasteiger partial charge in [-0.25, -0.2) is 0 Å². The van der Waals surface area contributed by atoms with Crippen molar-refractivity contribution >= 4 is 5.91 Å². The van der Waals surface area contributed by atoms with Crippen molar-refractivity contribution in [2.45, 2.75) is 44.6 Å². The molecule has 1 amide bonds. The number of carbonyl (C=O) groups excluding carboxylic acids is 1. The zero-order valence-electron chi connectivity index (χ0n) is 18.1. The summed E-state index contributed by atoms with van der Waals surface area (Å²) >= 11 is 0. The summed E-state index contributed by atoms with van der Waals surface area (Å²) in [6, 6.07) is 13.3. The summed E-state index contributed by atoms with van der Waals surface area (Å²) in [7, 11) is 3.28. The first-order chi connectivity index (χ1) is 14.7. The van der Waals surface area contributed by atoms with Gasteiger partial charge in [0.05, 0.1) is 20.6 Å². The fourth-order valence-electron chi connectivity index (χ4n) is 4.70. The molecule has 30 heavy (non-hydrogen) atoms. The minimum atomic E-state index is 0.201. The minimum Gasteiger partial charge on any atom is -0.493 e. The van der Waals surface area contributed by atoms with Crippen LogP contribution >= 0.6 is 0 Å². The Bertz CT molecular complexity index is 896. The second kappa shape index (κ2) is 9.52. The average molecular weight is 409 g/mol. The highest BCUT2D eigenvalue weighted by molar-refractivity contribution is 5.80. The van der Waals surface area contributed by atoms with Gasteiger partial charge in [-0.2, -0.15) is 0 Å². The van der Waals surface area contributed by atoms with Gasteiger partial charge in [-0.15, -0.1) is 0 Å². The van der Waals surface area contributed by atoms with Crippen LogP contribution in [-0.2, 0) is 30.5 Å². The molecule has 4 rings (SSSR count). The molecule has 1 aliphatic carbocycles. The molecule has 0 bridgehead atoms. The molecule has 2 aromatic carbocycles. The third-order valence-electron chi connectivity index (χ3n) is 6.44. The molecule has 1 unspecified atom stereocenters. The van der Waals surface area contributed by atoms with Gasteiger partial charge in [-0.05, 0) is 73.0 Å². The quantitative estimate of drug-likeness (QED) is 0.715. The van der Waals surface area contributed by atoms with Gasteiger partial charge in [0.2, 0.25) is 5.91 Å². The fourth-order valence-corrected chi connectivity index (χ4v) is 4.70. The summed E-state index contributed by atoms with van der Waals surface area (Å²) in [4.78, 5) is 14.8. The number of hydrogen-bond donors (Lipinski definition) is 1. The molecule has 0 saturated heterocycles. The standard InChI is InChI=1S/C25H32N2O3/c1-29-23-15-20-10-13-27(25(28)17-21(20)16-24(23)30-2)12-5-11-26-22-9-8-18-6-3-4-7-19(18)14-22/h3-4,6-7,15-16,22,26H,5,8-14,17H2,1-2H3. The molecule has 2 aliphatic rings. The molecule has 5 heteroatoms. The van der Waals surface area contributed by atoms with Crippen molar-refractivity contribution in [2.75, 3.05) is 33.9 Å². The number of carbonyl (C=O) groups is 1. The zero-order valence-corrected chi connectivity index (χ0v) is 18.1. The van der Waals surface area contributed by atoms with E-state index < -0.39 is 0 Å². The number of amides is 1. The van der Waals surface area contributed by atoms with E-state index in [4.69, 9.17) is 9.47 Å². The third kappa shape index (κ3) is 4.62. The molecule has 1 aliphatic heterocycles. The van der Waals surface area contributed by atoms with E-state index in [9.17, 15) is 4.79 Å². The van der Waals surface area contributed by atoms with Gasteiger partial charge in [0, 0.05) is 19.1 Å². The Balaban J connectivity index is 1.27. The second-order valence-electron chi connectivity index (χ2n) is 8.30. The molecule has 0 radical (unpaired) electrons. The van der Waals surface area contributed by atoms with E-state index in [-0.39, 0.29) is 5.91 Å². The molecule has 1 heterocycles. The Morgan fingerprint density at radius 3 is 2.50 bits per heavy atom. The summed E-state index contributed by atoms with van der Waals surface area (Å²) in [5.74, 6) is 1.62. The number of nitrogens with zero attached hydrogens (tertiary/aromatic N) is 1. The lowest BCUT2D eigenvalue weighted by atomic mass is 9.88. The van der Waals surface area contributed by atoms with Crippen LogP contribution in [-0.4, -0.2) is 50.7 Å². The largest absolute Gasteiger partial charge is 0.493 e. The average Bonchev–Trinajstić information content (AvgIpc) is 2.93. The van der Waals surface area contributed by atoms with Crippen molar-refractivity contribution in [3.8, 4) is 11.5 Å². The number of rotatable bonds is 7. The molecule has 0 fully saturated rings. The lowest BCUT2D eigenvalue weighted by molar-refractivity contribution is -0.130. The molecule has 0 saturated carbocycles. The van der Waals surface area contributed by atoms with Gasteiger partial charge in [0.1, 0.15) is 0 Å². The van der Waals surface area contributed by atoms with Crippen LogP contribution in [0.1, 0.15) is 35.1 Å². The van der Waals surface area contributed by atoms with E-state index in [0.717, 1.165) is 56.6 Å². The minimum absolute atomic E-state index is 0.201. The summed E-state index contributed by atoms with van der Waals surface area (Å²) in [6.45, 7) is 2.51. The lowest BCUT2D eigenvalue weighted by Crippen LogP contribution is -2.38. The Morgan fingerprint density at radius 1 is 1.00 bits per heavy atom. The predicted octanol–water partition coefficient (Wildman–Crippen LogP) is 3.17. The molecule has 5 nitrogen and oxygen atoms in total. The van der Waals surface area contributed by atoms with Gasteiger partial charge in [-0.3, -0.25) is 4.79 Å². The maximum Gasteiger partial charge on any atom is 0.227 e. The van der Waals surface area contributed by atoms with Crippen LogP contribution in [0.15, 0.2) is 36.4 Å². The Kier molecular flexibility index (Phi) is 6.58. The summed E-state index contributed by atoms with van der Waals surface area (Å²) in [5, 5.41) is 3.71. The van der Waals surface area contributed by atoms with Crippen LogP contribution in [0.5, 0.6) is 11.5 Å². The number of methoxy groups -OCH3 is 2. The van der Waals surface area contributed by atoms with E-state index in [0.29, 0.717) is 18.2 Å². The third-order valence-corrected chi connectivity index (χ3v) is 6.44. The van der Waals surface area contributed by atoms with Crippen molar-refractivity contribution in [2.24, 2.45) is 0 Å². The van der Waals surface area contributed by atoms with Gasteiger partial charge in [0.25, 0.3) is 0 Å². The number of fused-ring (bicyclic) bond motifs is 2. The van der Waals surface area contributed by atoms with E-state index in [1.165, 1.54) is 23.1 Å². The topological polar surface area (TPSA) is 50.8 Å². The van der Waals surface area contributed by atoms with Crippen molar-refractivity contribution in [3.63, 3.8) is 0 Å². The number of ether oxygens (including phenoxy) is 2. The lowest BCUT2D eigenvalue weighted by Gasteiger charge is -2.26. The number of benzene rings is 2. The summed E-state index contributed by atoms with van der Waals surface area (Å²) in [6.07, 6.45) is 5.73. The van der Waals surface area contributed by atoms with Gasteiger partial charge >= 0.3 is 0 Å². The van der Waals surface area contributed by atoms with Crippen LogP contribution in [0.25, 0.3) is 0 Å². The van der Waals surface area contributed by atoms with E-state index in [1.807, 2.05) is 17.0 Å². The molecule has 1 N–H and O–H groups in total. The summed E-state index contributed by atoms with van der Waals surface area (Å²) < 4.78 is 10.8. The van der Waals surface area contributed by atoms with Crippen LogP contribution < -0.4 is 14.8 Å². The molecule has 2 aromatic rings. The van der Waals surface area contributed by atoms with Crippen LogP contribution in [0.3, 0.4) is 0 Å². The molecular formula is C25H32N2O3. The van der Waals surface area contributed by atoms with Crippen LogP contribution in [0.2, 0.25) is 0 Å². The monoisotopic (exact) mass is 408 g/mol. The summed E-state index contributed by atoms with van der Waals surface area (Å²) in [5.41, 5.74) is 5.22. The highest BCUT2D eigenvalue weighted by Gasteiger charge is 2.23. The first-order valence-corrected chi connectivity index (χ1v) is 11.0. The zero-order chi connectivity index (χ0) is 20.9. The fraction of sp³-hybridized carbons (Fsp3) is 0.480. The van der Waals surface area contributed by atoms with Gasteiger partial charge in [-0.1, -0.05) is 24.3 Å². The number of aryl methyl sites for hydroxylation is 1. The van der Waals surface area contributed by atoms with E-state index in [2.05, 4.69) is 29.6 Å². The van der Waals surface area contributed by atoms with Crippen molar-refractivity contribution < 1.29 is 14.3 Å². The maximum atomic E-state index is 12.8. The van der Waals surface area contributed by atoms with E-state index >= 15 is 0 Å². The van der Waals surface area contributed by atoms with Crippen LogP contribution in [0, 0.1) is 0 Å². The highest BCUT2D eigenvalue weighted by atomic mass is 16.5.